The van der Waals surface area contributed by atoms with Crippen molar-refractivity contribution in [3.63, 3.8) is 0 Å². The van der Waals surface area contributed by atoms with Crippen LogP contribution in [0.2, 0.25) is 0 Å². The summed E-state index contributed by atoms with van der Waals surface area (Å²) in [7, 11) is 0. The molecule has 0 spiro atoms. The number of rotatable bonds is 3. The van der Waals surface area contributed by atoms with Crippen LogP contribution in [0.1, 0.15) is 21.2 Å². The van der Waals surface area contributed by atoms with Crippen molar-refractivity contribution in [3.05, 3.63) is 34.1 Å². The van der Waals surface area contributed by atoms with Gasteiger partial charge in [-0.2, -0.15) is 0 Å². The minimum atomic E-state index is -0.0529. The van der Waals surface area contributed by atoms with E-state index in [9.17, 15) is 4.79 Å². The SMILES string of the molecule is Cc1nc(CN2CCN(C(=O)c3ccon3)CC2)cs1. The van der Waals surface area contributed by atoms with Gasteiger partial charge in [-0.1, -0.05) is 5.16 Å². The molecule has 1 saturated heterocycles. The van der Waals surface area contributed by atoms with Gasteiger partial charge in [0.1, 0.15) is 6.26 Å². The summed E-state index contributed by atoms with van der Waals surface area (Å²) in [6.07, 6.45) is 1.42. The lowest BCUT2D eigenvalue weighted by molar-refractivity contribution is 0.0617. The second-order valence-corrected chi connectivity index (χ2v) is 5.87. The van der Waals surface area contributed by atoms with E-state index < -0.39 is 0 Å². The Balaban J connectivity index is 1.53. The van der Waals surface area contributed by atoms with Crippen LogP contribution in [-0.4, -0.2) is 52.0 Å². The van der Waals surface area contributed by atoms with E-state index in [4.69, 9.17) is 4.52 Å². The number of aryl methyl sites for hydroxylation is 1. The molecule has 2 aromatic heterocycles. The predicted octanol–water partition coefficient (Wildman–Crippen LogP) is 1.40. The Morgan fingerprint density at radius 3 is 2.80 bits per heavy atom. The van der Waals surface area contributed by atoms with Crippen molar-refractivity contribution in [3.8, 4) is 0 Å². The van der Waals surface area contributed by atoms with Gasteiger partial charge in [0, 0.05) is 44.2 Å². The number of amides is 1. The highest BCUT2D eigenvalue weighted by Gasteiger charge is 2.23. The molecule has 106 valence electrons. The number of hydrogen-bond donors (Lipinski definition) is 0. The Morgan fingerprint density at radius 1 is 1.40 bits per heavy atom. The van der Waals surface area contributed by atoms with E-state index in [2.05, 4.69) is 20.4 Å². The third-order valence-corrected chi connectivity index (χ3v) is 4.19. The van der Waals surface area contributed by atoms with Crippen LogP contribution in [0.15, 0.2) is 22.2 Å². The fraction of sp³-hybridized carbons (Fsp3) is 0.462. The van der Waals surface area contributed by atoms with Gasteiger partial charge >= 0.3 is 0 Å². The number of thiazole rings is 1. The van der Waals surface area contributed by atoms with Gasteiger partial charge in [0.2, 0.25) is 0 Å². The van der Waals surface area contributed by atoms with Gasteiger partial charge in [-0.15, -0.1) is 11.3 Å². The molecule has 0 aliphatic carbocycles. The molecule has 0 bridgehead atoms. The zero-order chi connectivity index (χ0) is 13.9. The molecular formula is C13H16N4O2S. The van der Waals surface area contributed by atoms with E-state index in [1.807, 2.05) is 11.8 Å². The molecule has 1 fully saturated rings. The third kappa shape index (κ3) is 2.88. The Labute approximate surface area is 121 Å². The maximum absolute atomic E-state index is 12.1. The number of carbonyl (C=O) groups excluding carboxylic acids is 1. The lowest BCUT2D eigenvalue weighted by Gasteiger charge is -2.33. The first kappa shape index (κ1) is 13.3. The van der Waals surface area contributed by atoms with E-state index in [0.717, 1.165) is 43.4 Å². The Bertz CT molecular complexity index is 573. The summed E-state index contributed by atoms with van der Waals surface area (Å²) in [6, 6.07) is 1.60. The van der Waals surface area contributed by atoms with Gasteiger partial charge in [-0.3, -0.25) is 9.69 Å². The summed E-state index contributed by atoms with van der Waals surface area (Å²) in [6.45, 7) is 6.03. The van der Waals surface area contributed by atoms with Crippen LogP contribution < -0.4 is 0 Å². The summed E-state index contributed by atoms with van der Waals surface area (Å²) < 4.78 is 4.71. The second kappa shape index (κ2) is 5.72. The van der Waals surface area contributed by atoms with Crippen molar-refractivity contribution in [1.82, 2.24) is 19.9 Å². The van der Waals surface area contributed by atoms with E-state index in [-0.39, 0.29) is 5.91 Å². The van der Waals surface area contributed by atoms with Crippen molar-refractivity contribution < 1.29 is 9.32 Å². The molecule has 0 radical (unpaired) electrons. The number of hydrogen-bond acceptors (Lipinski definition) is 6. The predicted molar refractivity (Wildman–Crippen MR) is 74.5 cm³/mol. The van der Waals surface area contributed by atoms with Gasteiger partial charge in [0.05, 0.1) is 10.7 Å². The van der Waals surface area contributed by atoms with Gasteiger partial charge in [-0.25, -0.2) is 4.98 Å². The first-order valence-electron chi connectivity index (χ1n) is 6.55. The maximum Gasteiger partial charge on any atom is 0.276 e. The van der Waals surface area contributed by atoms with Crippen molar-refractivity contribution in [2.45, 2.75) is 13.5 Å². The minimum absolute atomic E-state index is 0.0529. The Morgan fingerprint density at radius 2 is 2.20 bits per heavy atom. The average Bonchev–Trinajstić information content (AvgIpc) is 3.11. The zero-order valence-corrected chi connectivity index (χ0v) is 12.1. The van der Waals surface area contributed by atoms with Crippen molar-refractivity contribution in [2.75, 3.05) is 26.2 Å². The number of nitrogens with zero attached hydrogens (tertiary/aromatic N) is 4. The second-order valence-electron chi connectivity index (χ2n) is 4.81. The highest BCUT2D eigenvalue weighted by Crippen LogP contribution is 2.13. The highest BCUT2D eigenvalue weighted by atomic mass is 32.1. The molecule has 1 aliphatic heterocycles. The quantitative estimate of drug-likeness (QED) is 0.855. The average molecular weight is 292 g/mol. The molecular weight excluding hydrogens is 276 g/mol. The molecule has 20 heavy (non-hydrogen) atoms. The van der Waals surface area contributed by atoms with Gasteiger partial charge in [0.15, 0.2) is 5.69 Å². The monoisotopic (exact) mass is 292 g/mol. The largest absolute Gasteiger partial charge is 0.364 e. The number of piperazine rings is 1. The van der Waals surface area contributed by atoms with Crippen LogP contribution in [0.4, 0.5) is 0 Å². The number of aromatic nitrogens is 2. The summed E-state index contributed by atoms with van der Waals surface area (Å²) in [5, 5.41) is 6.89. The van der Waals surface area contributed by atoms with E-state index in [0.29, 0.717) is 5.69 Å². The molecule has 3 heterocycles. The van der Waals surface area contributed by atoms with Crippen LogP contribution in [-0.2, 0) is 6.54 Å². The third-order valence-electron chi connectivity index (χ3n) is 3.37. The summed E-state index contributed by atoms with van der Waals surface area (Å²) >= 11 is 1.68. The van der Waals surface area contributed by atoms with E-state index in [1.54, 1.807) is 17.4 Å². The van der Waals surface area contributed by atoms with Gasteiger partial charge in [-0.05, 0) is 6.92 Å². The smallest absolute Gasteiger partial charge is 0.276 e. The number of carbonyl (C=O) groups is 1. The molecule has 0 unspecified atom stereocenters. The minimum Gasteiger partial charge on any atom is -0.364 e. The van der Waals surface area contributed by atoms with E-state index >= 15 is 0 Å². The Kier molecular flexibility index (Phi) is 3.79. The fourth-order valence-corrected chi connectivity index (χ4v) is 2.91. The maximum atomic E-state index is 12.1. The Hall–Kier alpha value is -1.73. The van der Waals surface area contributed by atoms with Crippen LogP contribution >= 0.6 is 11.3 Å². The molecule has 0 N–H and O–H groups in total. The van der Waals surface area contributed by atoms with Gasteiger partial charge in [0.25, 0.3) is 5.91 Å². The first-order valence-corrected chi connectivity index (χ1v) is 7.43. The lowest BCUT2D eigenvalue weighted by atomic mass is 10.2. The molecule has 3 rings (SSSR count). The summed E-state index contributed by atoms with van der Waals surface area (Å²) in [4.78, 5) is 20.7. The molecule has 6 nitrogen and oxygen atoms in total. The molecule has 2 aromatic rings. The first-order chi connectivity index (χ1) is 9.72. The zero-order valence-electron chi connectivity index (χ0n) is 11.3. The highest BCUT2D eigenvalue weighted by molar-refractivity contribution is 7.09. The van der Waals surface area contributed by atoms with Gasteiger partial charge < -0.3 is 9.42 Å². The normalized spacial score (nSPS) is 16.6. The summed E-state index contributed by atoms with van der Waals surface area (Å²) in [5.74, 6) is -0.0529. The van der Waals surface area contributed by atoms with Crippen molar-refractivity contribution in [2.24, 2.45) is 0 Å². The molecule has 1 amide bonds. The molecule has 1 aliphatic rings. The summed E-state index contributed by atoms with van der Waals surface area (Å²) in [5.41, 5.74) is 1.50. The van der Waals surface area contributed by atoms with Crippen molar-refractivity contribution >= 4 is 17.2 Å². The van der Waals surface area contributed by atoms with E-state index in [1.165, 1.54) is 6.26 Å². The topological polar surface area (TPSA) is 62.5 Å². The molecule has 0 saturated carbocycles. The van der Waals surface area contributed by atoms with Crippen molar-refractivity contribution in [1.29, 1.82) is 0 Å². The molecule has 0 aromatic carbocycles. The van der Waals surface area contributed by atoms with Crippen LogP contribution in [0, 0.1) is 6.92 Å². The standard InChI is InChI=1S/C13H16N4O2S/c1-10-14-11(9-20-10)8-16-3-5-17(6-4-16)13(18)12-2-7-19-15-12/h2,7,9H,3-6,8H2,1H3. The molecule has 0 atom stereocenters. The lowest BCUT2D eigenvalue weighted by Crippen LogP contribution is -2.48. The molecule has 7 heteroatoms. The van der Waals surface area contributed by atoms with Crippen LogP contribution in [0.5, 0.6) is 0 Å². The van der Waals surface area contributed by atoms with Crippen LogP contribution in [0.25, 0.3) is 0 Å². The fourth-order valence-electron chi connectivity index (χ4n) is 2.30. The van der Waals surface area contributed by atoms with Crippen LogP contribution in [0.3, 0.4) is 0 Å².